The van der Waals surface area contributed by atoms with E-state index in [4.69, 9.17) is 16.3 Å². The number of carbonyl (C=O) groups is 1. The molecular weight excluding hydrogens is 398 g/mol. The van der Waals surface area contributed by atoms with E-state index in [1.54, 1.807) is 6.20 Å². The number of nitrogens with one attached hydrogen (secondary N) is 3. The van der Waals surface area contributed by atoms with Crippen molar-refractivity contribution < 1.29 is 9.53 Å². The average molecular weight is 420 g/mol. The predicted octanol–water partition coefficient (Wildman–Crippen LogP) is 5.00. The molecule has 1 amide bonds. The zero-order valence-corrected chi connectivity index (χ0v) is 17.6. The highest BCUT2D eigenvalue weighted by Gasteiger charge is 2.14. The summed E-state index contributed by atoms with van der Waals surface area (Å²) in [6.07, 6.45) is 1.70. The maximum absolute atomic E-state index is 11.2. The smallest absolute Gasteiger partial charge is 0.279 e. The summed E-state index contributed by atoms with van der Waals surface area (Å²) in [5, 5.41) is 14.3. The van der Waals surface area contributed by atoms with Gasteiger partial charge in [-0.3, -0.25) is 9.89 Å². The van der Waals surface area contributed by atoms with Crippen LogP contribution in [-0.2, 0) is 4.79 Å². The minimum atomic E-state index is -0.154. The summed E-state index contributed by atoms with van der Waals surface area (Å²) >= 11 is 7.69. The van der Waals surface area contributed by atoms with Crippen molar-refractivity contribution in [2.45, 2.75) is 39.8 Å². The molecule has 1 aromatic carbocycles. The van der Waals surface area contributed by atoms with Crippen molar-refractivity contribution in [1.29, 1.82) is 0 Å². The van der Waals surface area contributed by atoms with Crippen molar-refractivity contribution in [3.8, 4) is 21.5 Å². The van der Waals surface area contributed by atoms with E-state index in [0.717, 1.165) is 22.0 Å². The van der Waals surface area contributed by atoms with Crippen LogP contribution in [0.4, 0.5) is 5.69 Å². The molecule has 3 aromatic rings. The van der Waals surface area contributed by atoms with E-state index in [0.29, 0.717) is 22.0 Å². The van der Waals surface area contributed by atoms with Crippen molar-refractivity contribution in [1.82, 2.24) is 20.5 Å². The minimum absolute atomic E-state index is 0.0939. The van der Waals surface area contributed by atoms with Crippen LogP contribution in [0, 0.1) is 0 Å². The highest BCUT2D eigenvalue weighted by Crippen LogP contribution is 2.36. The first-order valence-corrected chi connectivity index (χ1v) is 10.0. The van der Waals surface area contributed by atoms with Gasteiger partial charge in [0, 0.05) is 18.7 Å². The molecule has 0 aliphatic rings. The second-order valence-electron chi connectivity index (χ2n) is 6.67. The molecule has 3 N–H and O–H groups in total. The number of amides is 1. The van der Waals surface area contributed by atoms with Gasteiger partial charge in [-0.15, -0.1) is 0 Å². The number of nitrogens with zero attached hydrogens (tertiary/aromatic N) is 2. The normalized spacial score (nSPS) is 12.1. The number of aromatic amines is 1. The van der Waals surface area contributed by atoms with Crippen LogP contribution in [0.3, 0.4) is 0 Å². The van der Waals surface area contributed by atoms with Gasteiger partial charge in [-0.25, -0.2) is 4.98 Å². The van der Waals surface area contributed by atoms with Gasteiger partial charge in [-0.1, -0.05) is 22.9 Å². The predicted molar refractivity (Wildman–Crippen MR) is 112 cm³/mol. The van der Waals surface area contributed by atoms with Gasteiger partial charge in [0.25, 0.3) is 5.19 Å². The summed E-state index contributed by atoms with van der Waals surface area (Å²) in [6.45, 7) is 7.50. The Labute approximate surface area is 172 Å². The number of aromatic nitrogens is 3. The van der Waals surface area contributed by atoms with Crippen LogP contribution in [0.5, 0.6) is 10.9 Å². The number of benzene rings is 1. The third-order valence-electron chi connectivity index (χ3n) is 3.81. The van der Waals surface area contributed by atoms with Gasteiger partial charge >= 0.3 is 0 Å². The Kier molecular flexibility index (Phi) is 6.21. The Morgan fingerprint density at radius 1 is 1.29 bits per heavy atom. The fourth-order valence-electron chi connectivity index (χ4n) is 2.59. The first-order chi connectivity index (χ1) is 13.3. The van der Waals surface area contributed by atoms with E-state index >= 15 is 0 Å². The molecule has 2 aromatic heterocycles. The Morgan fingerprint density at radius 3 is 2.75 bits per heavy atom. The standard InChI is InChI=1S/C19H22ClN5O2S/c1-10(2)22-13-5-6-17(14(20)7-13)27-19-21-9-18(28-19)16-8-15(24-25-16)11(3)23-12(4)26/h5-11,22H,1-4H3,(H,23,26)(H,24,25). The molecule has 0 bridgehead atoms. The molecule has 7 nitrogen and oxygen atoms in total. The van der Waals surface area contributed by atoms with Gasteiger partial charge in [0.1, 0.15) is 11.4 Å². The van der Waals surface area contributed by atoms with Gasteiger partial charge in [-0.05, 0) is 45.0 Å². The SMILES string of the molecule is CC(=O)NC(C)c1cc(-c2cnc(Oc3ccc(NC(C)C)cc3Cl)s2)n[nH]1. The molecule has 0 aliphatic heterocycles. The summed E-state index contributed by atoms with van der Waals surface area (Å²) in [7, 11) is 0. The molecule has 0 radical (unpaired) electrons. The van der Waals surface area contributed by atoms with Gasteiger partial charge in [0.2, 0.25) is 5.91 Å². The number of halogens is 1. The highest BCUT2D eigenvalue weighted by molar-refractivity contribution is 7.16. The van der Waals surface area contributed by atoms with E-state index in [1.165, 1.54) is 18.3 Å². The average Bonchev–Trinajstić information content (AvgIpc) is 3.25. The monoisotopic (exact) mass is 419 g/mol. The van der Waals surface area contributed by atoms with Crippen molar-refractivity contribution in [3.63, 3.8) is 0 Å². The van der Waals surface area contributed by atoms with Gasteiger partial charge < -0.3 is 15.4 Å². The summed E-state index contributed by atoms with van der Waals surface area (Å²) in [5.41, 5.74) is 2.49. The number of rotatable bonds is 7. The Hall–Kier alpha value is -2.58. The van der Waals surface area contributed by atoms with Crippen LogP contribution < -0.4 is 15.4 Å². The highest BCUT2D eigenvalue weighted by atomic mass is 35.5. The maximum Gasteiger partial charge on any atom is 0.279 e. The third-order valence-corrected chi connectivity index (χ3v) is 5.00. The van der Waals surface area contributed by atoms with Crippen molar-refractivity contribution in [2.24, 2.45) is 0 Å². The topological polar surface area (TPSA) is 91.9 Å². The number of carbonyl (C=O) groups excluding carboxylic acids is 1. The minimum Gasteiger partial charge on any atom is -0.429 e. The van der Waals surface area contributed by atoms with Crippen LogP contribution in [0.15, 0.2) is 30.5 Å². The lowest BCUT2D eigenvalue weighted by Gasteiger charge is -2.11. The molecule has 1 atom stereocenters. The molecule has 148 valence electrons. The summed E-state index contributed by atoms with van der Waals surface area (Å²) < 4.78 is 5.83. The fourth-order valence-corrected chi connectivity index (χ4v) is 3.55. The fraction of sp³-hybridized carbons (Fsp3) is 0.316. The van der Waals surface area contributed by atoms with Crippen LogP contribution in [-0.4, -0.2) is 27.1 Å². The molecule has 0 saturated carbocycles. The van der Waals surface area contributed by atoms with Crippen LogP contribution in [0.25, 0.3) is 10.6 Å². The Bertz CT molecular complexity index is 969. The largest absolute Gasteiger partial charge is 0.429 e. The molecule has 3 rings (SSSR count). The van der Waals surface area contributed by atoms with Crippen LogP contribution in [0.1, 0.15) is 39.4 Å². The first kappa shape index (κ1) is 20.2. The van der Waals surface area contributed by atoms with Gasteiger partial charge in [-0.2, -0.15) is 5.10 Å². The Morgan fingerprint density at radius 2 is 2.07 bits per heavy atom. The second-order valence-corrected chi connectivity index (χ2v) is 8.07. The van der Waals surface area contributed by atoms with Gasteiger partial charge in [0.05, 0.1) is 27.8 Å². The lowest BCUT2D eigenvalue weighted by Crippen LogP contribution is -2.23. The number of thiazole rings is 1. The number of hydrogen-bond acceptors (Lipinski definition) is 6. The lowest BCUT2D eigenvalue weighted by atomic mass is 10.2. The molecule has 28 heavy (non-hydrogen) atoms. The number of ether oxygens (including phenoxy) is 1. The van der Waals surface area contributed by atoms with E-state index in [9.17, 15) is 4.79 Å². The molecule has 1 unspecified atom stereocenters. The van der Waals surface area contributed by atoms with Gasteiger partial charge in [0.15, 0.2) is 0 Å². The summed E-state index contributed by atoms with van der Waals surface area (Å²) in [5.74, 6) is 0.447. The molecule has 0 saturated heterocycles. The number of anilines is 1. The zero-order chi connectivity index (χ0) is 20.3. The van der Waals surface area contributed by atoms with E-state index < -0.39 is 0 Å². The van der Waals surface area contributed by atoms with E-state index in [-0.39, 0.29) is 11.9 Å². The summed E-state index contributed by atoms with van der Waals surface area (Å²) in [6, 6.07) is 7.61. The van der Waals surface area contributed by atoms with Crippen molar-refractivity contribution >= 4 is 34.5 Å². The lowest BCUT2D eigenvalue weighted by molar-refractivity contribution is -0.119. The maximum atomic E-state index is 11.2. The molecule has 2 heterocycles. The van der Waals surface area contributed by atoms with Crippen LogP contribution >= 0.6 is 22.9 Å². The van der Waals surface area contributed by atoms with Crippen molar-refractivity contribution in [2.75, 3.05) is 5.32 Å². The molecule has 0 fully saturated rings. The molecule has 9 heteroatoms. The van der Waals surface area contributed by atoms with Crippen LogP contribution in [0.2, 0.25) is 5.02 Å². The number of H-pyrrole nitrogens is 1. The van der Waals surface area contributed by atoms with Crippen molar-refractivity contribution in [3.05, 3.63) is 41.2 Å². The quantitative estimate of drug-likeness (QED) is 0.501. The molecule has 0 aliphatic carbocycles. The van der Waals surface area contributed by atoms with E-state index in [1.807, 2.05) is 31.2 Å². The zero-order valence-electron chi connectivity index (χ0n) is 16.0. The summed E-state index contributed by atoms with van der Waals surface area (Å²) in [4.78, 5) is 16.3. The number of hydrogen-bond donors (Lipinski definition) is 3. The first-order valence-electron chi connectivity index (χ1n) is 8.84. The molecular formula is C19H22ClN5O2S. The van der Waals surface area contributed by atoms with E-state index in [2.05, 4.69) is 39.7 Å². The Balaban J connectivity index is 1.71. The third kappa shape index (κ3) is 5.02. The second kappa shape index (κ2) is 8.62. The molecule has 0 spiro atoms.